The second-order valence-electron chi connectivity index (χ2n) is 7.94. The quantitative estimate of drug-likeness (QED) is 0.191. The van der Waals surface area contributed by atoms with Gasteiger partial charge in [0.1, 0.15) is 24.2 Å². The minimum absolute atomic E-state index is 0. The Morgan fingerprint density at radius 2 is 1.70 bits per heavy atom. The van der Waals surface area contributed by atoms with Gasteiger partial charge in [-0.2, -0.15) is 8.75 Å². The van der Waals surface area contributed by atoms with E-state index >= 15 is 0 Å². The number of ether oxygens (including phenoxy) is 3. The molecule has 182 valence electrons. The van der Waals surface area contributed by atoms with E-state index in [0.717, 1.165) is 11.7 Å². The Hall–Kier alpha value is -3.31. The third-order valence-electron chi connectivity index (χ3n) is 5.72. The van der Waals surface area contributed by atoms with Crippen LogP contribution in [0.25, 0.3) is 16.6 Å². The normalized spacial score (nSPS) is 12.9. The van der Waals surface area contributed by atoms with Crippen molar-refractivity contribution in [3.63, 3.8) is 0 Å². The van der Waals surface area contributed by atoms with E-state index in [1.54, 1.807) is 24.3 Å². The van der Waals surface area contributed by atoms with Crippen LogP contribution in [0, 0.1) is 5.82 Å². The Morgan fingerprint density at radius 1 is 0.973 bits per heavy atom. The number of carbonyl (C=O) groups is 2. The van der Waals surface area contributed by atoms with Gasteiger partial charge in [-0.05, 0) is 53.6 Å². The SMILES string of the molecule is COc1ccc(CC(C(=O)c2ccc3c(c2)OCCO3)=C(C(=O)[O-])c2ccc3nsnc3c2)cc1F.[Na+]. The Kier molecular flexibility index (Phi) is 8.23. The number of hydrogen-bond donors (Lipinski definition) is 0. The summed E-state index contributed by atoms with van der Waals surface area (Å²) in [5.74, 6) is -1.85. The molecule has 0 bridgehead atoms. The van der Waals surface area contributed by atoms with Crippen molar-refractivity contribution >= 4 is 40.1 Å². The van der Waals surface area contributed by atoms with Crippen LogP contribution in [-0.4, -0.2) is 40.8 Å². The van der Waals surface area contributed by atoms with Crippen molar-refractivity contribution < 1.29 is 62.9 Å². The van der Waals surface area contributed by atoms with Crippen molar-refractivity contribution in [3.8, 4) is 17.2 Å². The second kappa shape index (κ2) is 11.4. The van der Waals surface area contributed by atoms with Crippen molar-refractivity contribution in [1.29, 1.82) is 0 Å². The molecule has 11 heteroatoms. The molecule has 1 aromatic heterocycles. The predicted octanol–water partition coefficient (Wildman–Crippen LogP) is 0.243. The maximum Gasteiger partial charge on any atom is 1.00 e. The number of nitrogens with zero attached hydrogens (tertiary/aromatic N) is 2. The first kappa shape index (κ1) is 26.7. The molecule has 0 fully saturated rings. The van der Waals surface area contributed by atoms with Gasteiger partial charge in [-0.3, -0.25) is 4.79 Å². The molecule has 0 spiro atoms. The summed E-state index contributed by atoms with van der Waals surface area (Å²) in [6, 6.07) is 13.5. The Labute approximate surface area is 237 Å². The summed E-state index contributed by atoms with van der Waals surface area (Å²) in [5, 5.41) is 12.4. The number of aromatic nitrogens is 2. The number of fused-ring (bicyclic) bond motifs is 2. The fourth-order valence-corrected chi connectivity index (χ4v) is 4.54. The van der Waals surface area contributed by atoms with Crippen LogP contribution in [-0.2, 0) is 11.2 Å². The number of carboxylic acid groups (broad SMARTS) is 1. The third kappa shape index (κ3) is 5.52. The number of aliphatic carboxylic acids is 1. The van der Waals surface area contributed by atoms with E-state index < -0.39 is 17.6 Å². The van der Waals surface area contributed by atoms with Crippen LogP contribution in [0.5, 0.6) is 17.2 Å². The first-order valence-electron chi connectivity index (χ1n) is 10.9. The Balaban J connectivity index is 0.00000320. The zero-order chi connectivity index (χ0) is 25.2. The molecule has 0 amide bonds. The van der Waals surface area contributed by atoms with Crippen molar-refractivity contribution in [2.24, 2.45) is 0 Å². The number of halogens is 1. The molecule has 0 N–H and O–H groups in total. The Bertz CT molecular complexity index is 1540. The molecule has 0 aliphatic carbocycles. The minimum Gasteiger partial charge on any atom is -0.545 e. The molecule has 5 rings (SSSR count). The van der Waals surface area contributed by atoms with E-state index in [4.69, 9.17) is 14.2 Å². The number of rotatable bonds is 7. The molecule has 0 radical (unpaired) electrons. The molecule has 0 saturated carbocycles. The summed E-state index contributed by atoms with van der Waals surface area (Å²) >= 11 is 0.989. The van der Waals surface area contributed by atoms with E-state index in [2.05, 4.69) is 8.75 Å². The van der Waals surface area contributed by atoms with Crippen LogP contribution >= 0.6 is 11.7 Å². The van der Waals surface area contributed by atoms with Crippen LogP contribution in [0.1, 0.15) is 21.5 Å². The van der Waals surface area contributed by atoms with Gasteiger partial charge in [0.2, 0.25) is 0 Å². The van der Waals surface area contributed by atoms with Gasteiger partial charge < -0.3 is 24.1 Å². The third-order valence-corrected chi connectivity index (χ3v) is 6.28. The number of ketones is 1. The van der Waals surface area contributed by atoms with Gasteiger partial charge in [0.15, 0.2) is 28.8 Å². The fourth-order valence-electron chi connectivity index (χ4n) is 4.02. The van der Waals surface area contributed by atoms with Crippen LogP contribution in [0.15, 0.2) is 60.2 Å². The molecule has 1 aliphatic heterocycles. The van der Waals surface area contributed by atoms with Gasteiger partial charge in [-0.15, -0.1) is 0 Å². The number of methoxy groups -OCH3 is 1. The zero-order valence-corrected chi connectivity index (χ0v) is 22.8. The summed E-state index contributed by atoms with van der Waals surface area (Å²) in [5.41, 5.74) is 1.48. The number of hydrogen-bond acceptors (Lipinski definition) is 9. The van der Waals surface area contributed by atoms with E-state index in [1.165, 1.54) is 37.4 Å². The molecule has 1 aliphatic rings. The average Bonchev–Trinajstić information content (AvgIpc) is 3.35. The molecule has 0 unspecified atom stereocenters. The van der Waals surface area contributed by atoms with Crippen molar-refractivity contribution in [2.75, 3.05) is 20.3 Å². The predicted molar refractivity (Wildman–Crippen MR) is 128 cm³/mol. The number of benzene rings is 3. The topological polar surface area (TPSA) is 111 Å². The van der Waals surface area contributed by atoms with Crippen LogP contribution < -0.4 is 48.9 Å². The summed E-state index contributed by atoms with van der Waals surface area (Å²) < 4.78 is 38.8. The molecule has 8 nitrogen and oxygen atoms in total. The van der Waals surface area contributed by atoms with Gasteiger partial charge in [0, 0.05) is 23.1 Å². The largest absolute Gasteiger partial charge is 1.00 e. The maximum absolute atomic E-state index is 14.4. The van der Waals surface area contributed by atoms with Crippen molar-refractivity contribution in [2.45, 2.75) is 6.42 Å². The van der Waals surface area contributed by atoms with Gasteiger partial charge in [0.25, 0.3) is 0 Å². The second-order valence-corrected chi connectivity index (χ2v) is 8.47. The average molecular weight is 528 g/mol. The van der Waals surface area contributed by atoms with E-state index in [1.807, 2.05) is 0 Å². The molecule has 4 aromatic rings. The molecular formula is C26H18FN2NaO6S. The summed E-state index contributed by atoms with van der Waals surface area (Å²) in [6.07, 6.45) is -0.176. The smallest absolute Gasteiger partial charge is 0.545 e. The molecule has 0 atom stereocenters. The first-order chi connectivity index (χ1) is 17.4. The zero-order valence-electron chi connectivity index (χ0n) is 19.9. The molecular weight excluding hydrogens is 510 g/mol. The van der Waals surface area contributed by atoms with Gasteiger partial charge in [-0.25, -0.2) is 4.39 Å². The first-order valence-corrected chi connectivity index (χ1v) is 11.6. The Morgan fingerprint density at radius 3 is 2.43 bits per heavy atom. The van der Waals surface area contributed by atoms with E-state index in [0.29, 0.717) is 41.3 Å². The minimum atomic E-state index is -1.55. The summed E-state index contributed by atoms with van der Waals surface area (Å²) in [4.78, 5) is 26.2. The van der Waals surface area contributed by atoms with Crippen LogP contribution in [0.4, 0.5) is 4.39 Å². The van der Waals surface area contributed by atoms with E-state index in [-0.39, 0.29) is 64.0 Å². The molecule has 0 saturated heterocycles. The molecule has 37 heavy (non-hydrogen) atoms. The standard InChI is InChI=1S/C26H19FN2O6S.Na/c1-33-21-6-2-14(11-18(21)27)10-17(25(30)16-4-7-22-23(13-16)35-9-8-34-22)24(26(31)32)15-3-5-19-20(12-15)29-36-28-19;/h2-7,11-13H,8-10H2,1H3,(H,31,32);/q;+1/p-1. The van der Waals surface area contributed by atoms with Gasteiger partial charge in [0.05, 0.1) is 24.8 Å². The van der Waals surface area contributed by atoms with Gasteiger partial charge >= 0.3 is 29.6 Å². The van der Waals surface area contributed by atoms with Gasteiger partial charge in [-0.1, -0.05) is 12.1 Å². The molecule has 3 aromatic carbocycles. The van der Waals surface area contributed by atoms with Crippen molar-refractivity contribution in [3.05, 3.63) is 82.7 Å². The van der Waals surface area contributed by atoms with E-state index in [9.17, 15) is 19.1 Å². The van der Waals surface area contributed by atoms with Crippen LogP contribution in [0.3, 0.4) is 0 Å². The van der Waals surface area contributed by atoms with Crippen LogP contribution in [0.2, 0.25) is 0 Å². The number of carbonyl (C=O) groups excluding carboxylic acids is 2. The number of carboxylic acids is 1. The fraction of sp³-hybridized carbons (Fsp3) is 0.154. The monoisotopic (exact) mass is 528 g/mol. The summed E-state index contributed by atoms with van der Waals surface area (Å²) in [7, 11) is 1.34. The van der Waals surface area contributed by atoms with Crippen molar-refractivity contribution in [1.82, 2.24) is 8.75 Å². The number of allylic oxidation sites excluding steroid dienone is 1. The number of Topliss-reactive ketones (excluding diaryl/α,β-unsaturated/α-hetero) is 1. The summed E-state index contributed by atoms with van der Waals surface area (Å²) in [6.45, 7) is 0.710. The maximum atomic E-state index is 14.4. The molecule has 2 heterocycles.